The lowest BCUT2D eigenvalue weighted by atomic mass is 10.1. The average molecular weight is 456 g/mol. The quantitative estimate of drug-likeness (QED) is 0.693. The molecule has 168 valence electrons. The fourth-order valence-corrected chi connectivity index (χ4v) is 4.77. The second kappa shape index (κ2) is 8.09. The van der Waals surface area contributed by atoms with E-state index in [1.807, 2.05) is 19.9 Å². The lowest BCUT2D eigenvalue weighted by Gasteiger charge is -2.38. The van der Waals surface area contributed by atoms with Crippen LogP contribution in [0.2, 0.25) is 5.02 Å². The Bertz CT molecular complexity index is 987. The summed E-state index contributed by atoms with van der Waals surface area (Å²) in [4.78, 5) is 15.6. The number of morpholine rings is 1. The van der Waals surface area contributed by atoms with Crippen molar-refractivity contribution in [2.45, 2.75) is 38.4 Å². The van der Waals surface area contributed by atoms with Gasteiger partial charge in [0, 0.05) is 18.7 Å². The third-order valence-electron chi connectivity index (χ3n) is 5.60. The molecule has 1 amide bonds. The van der Waals surface area contributed by atoms with Gasteiger partial charge >= 0.3 is 6.09 Å². The number of hydrogen-bond acceptors (Lipinski definition) is 8. The van der Waals surface area contributed by atoms with E-state index >= 15 is 0 Å². The van der Waals surface area contributed by atoms with Gasteiger partial charge in [0.1, 0.15) is 17.8 Å². The van der Waals surface area contributed by atoms with Crippen LogP contribution in [-0.4, -0.2) is 69.1 Å². The van der Waals surface area contributed by atoms with E-state index in [1.165, 1.54) is 4.90 Å². The Morgan fingerprint density at radius 1 is 1.19 bits per heavy atom. The maximum Gasteiger partial charge on any atom is 0.416 e. The second-order valence-corrected chi connectivity index (χ2v) is 8.40. The lowest BCUT2D eigenvalue weighted by Crippen LogP contribution is -2.46. The number of halogens is 2. The minimum Gasteiger partial charge on any atom is -0.441 e. The van der Waals surface area contributed by atoms with E-state index in [0.29, 0.717) is 42.3 Å². The Morgan fingerprint density at radius 2 is 1.90 bits per heavy atom. The van der Waals surface area contributed by atoms with Crippen molar-refractivity contribution in [2.75, 3.05) is 49.3 Å². The number of benzene rings is 1. The lowest BCUT2D eigenvalue weighted by molar-refractivity contribution is -0.0443. The van der Waals surface area contributed by atoms with Gasteiger partial charge in [-0.05, 0) is 19.9 Å². The molecule has 0 aliphatic carbocycles. The second-order valence-electron chi connectivity index (χ2n) is 8.02. The van der Waals surface area contributed by atoms with Gasteiger partial charge in [-0.2, -0.15) is 0 Å². The summed E-state index contributed by atoms with van der Waals surface area (Å²) in [6.07, 6.45) is -2.11. The molecule has 3 atom stereocenters. The van der Waals surface area contributed by atoms with E-state index in [-0.39, 0.29) is 24.6 Å². The van der Waals surface area contributed by atoms with Crippen LogP contribution in [0.15, 0.2) is 10.6 Å². The van der Waals surface area contributed by atoms with E-state index in [1.54, 1.807) is 0 Å². The fourth-order valence-electron chi connectivity index (χ4n) is 4.40. The molecule has 0 radical (unpaired) electrons. The zero-order chi connectivity index (χ0) is 21.7. The monoisotopic (exact) mass is 455 g/mol. The number of amides is 1. The van der Waals surface area contributed by atoms with Crippen LogP contribution in [0.3, 0.4) is 0 Å². The molecule has 0 N–H and O–H groups in total. The molecule has 1 aromatic carbocycles. The number of nitrogens with zero attached hydrogens (tertiary/aromatic N) is 3. The zero-order valence-electron chi connectivity index (χ0n) is 17.2. The van der Waals surface area contributed by atoms with Crippen molar-refractivity contribution >= 4 is 40.2 Å². The van der Waals surface area contributed by atoms with E-state index in [4.69, 9.17) is 35.1 Å². The first-order valence-electron chi connectivity index (χ1n) is 10.3. The Hall–Kier alpha value is -2.14. The van der Waals surface area contributed by atoms with E-state index in [2.05, 4.69) is 10.1 Å². The number of carbonyl (C=O) groups is 1. The summed E-state index contributed by atoms with van der Waals surface area (Å²) >= 11 is 6.84. The minimum absolute atomic E-state index is 0.0102. The maximum atomic E-state index is 13.0. The number of aromatic nitrogens is 1. The summed E-state index contributed by atoms with van der Waals surface area (Å²) in [7, 11) is 0. The van der Waals surface area contributed by atoms with Crippen molar-refractivity contribution in [1.82, 2.24) is 5.16 Å². The SMILES string of the molecule is C[C@@H]1CN(c2c(C3OCCO3)cc3c(N4C[C@@H](CF)OC4=O)noc3c2Cl)C[C@@H](C)O1. The van der Waals surface area contributed by atoms with Gasteiger partial charge in [-0.1, -0.05) is 16.8 Å². The Labute approximate surface area is 182 Å². The topological polar surface area (TPSA) is 86.5 Å². The molecule has 31 heavy (non-hydrogen) atoms. The van der Waals surface area contributed by atoms with Crippen LogP contribution >= 0.6 is 11.6 Å². The summed E-state index contributed by atoms with van der Waals surface area (Å²) in [5.74, 6) is 0.229. The predicted molar refractivity (Wildman–Crippen MR) is 109 cm³/mol. The highest BCUT2D eigenvalue weighted by atomic mass is 35.5. The maximum absolute atomic E-state index is 13.0. The van der Waals surface area contributed by atoms with Crippen LogP contribution in [0.4, 0.5) is 20.7 Å². The molecule has 5 rings (SSSR count). The molecular formula is C20H23ClFN3O6. The van der Waals surface area contributed by atoms with E-state index < -0.39 is 25.2 Å². The number of carbonyl (C=O) groups excluding carboxylic acids is 1. The number of alkyl halides is 1. The molecular weight excluding hydrogens is 433 g/mol. The van der Waals surface area contributed by atoms with Crippen LogP contribution in [0.5, 0.6) is 0 Å². The van der Waals surface area contributed by atoms with E-state index in [9.17, 15) is 9.18 Å². The van der Waals surface area contributed by atoms with Gasteiger partial charge in [0.15, 0.2) is 17.7 Å². The van der Waals surface area contributed by atoms with Crippen LogP contribution < -0.4 is 9.80 Å². The molecule has 0 bridgehead atoms. The molecule has 2 aromatic rings. The van der Waals surface area contributed by atoms with Gasteiger partial charge in [0.25, 0.3) is 0 Å². The van der Waals surface area contributed by atoms with E-state index in [0.717, 1.165) is 11.3 Å². The van der Waals surface area contributed by atoms with Gasteiger partial charge in [-0.15, -0.1) is 0 Å². The number of rotatable bonds is 4. The molecule has 4 heterocycles. The Balaban J connectivity index is 1.63. The van der Waals surface area contributed by atoms with Crippen LogP contribution in [0.1, 0.15) is 25.7 Å². The minimum atomic E-state index is -0.841. The highest BCUT2D eigenvalue weighted by molar-refractivity contribution is 6.38. The molecule has 3 aliphatic heterocycles. The van der Waals surface area contributed by atoms with Crippen molar-refractivity contribution in [1.29, 1.82) is 0 Å². The van der Waals surface area contributed by atoms with Gasteiger partial charge in [-0.3, -0.25) is 4.90 Å². The molecule has 0 spiro atoms. The Kier molecular flexibility index (Phi) is 5.41. The average Bonchev–Trinajstić information content (AvgIpc) is 3.46. The zero-order valence-corrected chi connectivity index (χ0v) is 17.9. The molecule has 0 saturated carbocycles. The number of fused-ring (bicyclic) bond motifs is 1. The first kappa shape index (κ1) is 20.7. The molecule has 11 heteroatoms. The summed E-state index contributed by atoms with van der Waals surface area (Å²) in [5, 5.41) is 4.92. The van der Waals surface area contributed by atoms with Gasteiger partial charge in [0.2, 0.25) is 0 Å². The third-order valence-corrected chi connectivity index (χ3v) is 5.95. The number of ether oxygens (including phenoxy) is 4. The van der Waals surface area contributed by atoms with Crippen molar-refractivity contribution in [3.63, 3.8) is 0 Å². The molecule has 3 fully saturated rings. The largest absolute Gasteiger partial charge is 0.441 e. The predicted octanol–water partition coefficient (Wildman–Crippen LogP) is 3.43. The molecule has 0 unspecified atom stereocenters. The van der Waals surface area contributed by atoms with Crippen LogP contribution in [0, 0.1) is 0 Å². The summed E-state index contributed by atoms with van der Waals surface area (Å²) in [6, 6.07) is 1.82. The molecule has 3 aliphatic rings. The standard InChI is InChI=1S/C20H23ClFN3O6/c1-10-7-24(8-11(2)29-10)16-13(19-27-3-4-28-19)5-14-17(15(16)21)31-23-18(14)25-9-12(6-22)30-20(25)26/h5,10-12,19H,3-4,6-9H2,1-2H3/t10-,11-,12-/m1/s1. The fraction of sp³-hybridized carbons (Fsp3) is 0.600. The van der Waals surface area contributed by atoms with Crippen molar-refractivity contribution in [3.05, 3.63) is 16.7 Å². The number of hydrogen-bond donors (Lipinski definition) is 0. The number of cyclic esters (lactones) is 1. The first-order valence-corrected chi connectivity index (χ1v) is 10.6. The molecule has 1 aromatic heterocycles. The first-order chi connectivity index (χ1) is 15.0. The highest BCUT2D eigenvalue weighted by Gasteiger charge is 2.38. The van der Waals surface area contributed by atoms with Gasteiger partial charge in [0.05, 0.1) is 43.0 Å². The van der Waals surface area contributed by atoms with Gasteiger partial charge in [-0.25, -0.2) is 9.18 Å². The summed E-state index contributed by atoms with van der Waals surface area (Å²) < 4.78 is 41.0. The smallest absolute Gasteiger partial charge is 0.416 e. The van der Waals surface area contributed by atoms with Crippen molar-refractivity contribution < 1.29 is 32.7 Å². The van der Waals surface area contributed by atoms with Gasteiger partial charge < -0.3 is 28.4 Å². The van der Waals surface area contributed by atoms with Crippen molar-refractivity contribution in [3.8, 4) is 0 Å². The highest BCUT2D eigenvalue weighted by Crippen LogP contribution is 2.45. The Morgan fingerprint density at radius 3 is 2.55 bits per heavy atom. The third kappa shape index (κ3) is 3.61. The van der Waals surface area contributed by atoms with Crippen LogP contribution in [0.25, 0.3) is 11.0 Å². The number of anilines is 2. The molecule has 9 nitrogen and oxygen atoms in total. The van der Waals surface area contributed by atoms with Crippen molar-refractivity contribution in [2.24, 2.45) is 0 Å². The molecule has 3 saturated heterocycles. The summed E-state index contributed by atoms with van der Waals surface area (Å²) in [6.45, 7) is 5.46. The van der Waals surface area contributed by atoms with Crippen LogP contribution in [-0.2, 0) is 18.9 Å². The normalized spacial score (nSPS) is 27.5. The summed E-state index contributed by atoms with van der Waals surface area (Å²) in [5.41, 5.74) is 1.78.